The Morgan fingerprint density at radius 3 is 1.75 bits per heavy atom. The Labute approximate surface area is 52.0 Å². The van der Waals surface area contributed by atoms with E-state index in [1.165, 1.54) is 0 Å². The minimum Gasteiger partial charge on any atom is -0.210 e. The molecule has 0 aromatic heterocycles. The van der Waals surface area contributed by atoms with E-state index in [-0.39, 0.29) is 0 Å². The normalized spacial score (nSPS) is 12.8. The lowest BCUT2D eigenvalue weighted by molar-refractivity contribution is 0.0243. The van der Waals surface area contributed by atoms with Crippen molar-refractivity contribution in [1.29, 1.82) is 0 Å². The topological polar surface area (TPSA) is 0 Å². The highest BCUT2D eigenvalue weighted by Crippen LogP contribution is 2.28. The molecule has 0 aliphatic carbocycles. The Hall–Kier alpha value is 0.200. The summed E-state index contributed by atoms with van der Waals surface area (Å²) in [5.41, 5.74) is 0. The van der Waals surface area contributed by atoms with E-state index in [1.807, 2.05) is 0 Å². The van der Waals surface area contributed by atoms with Gasteiger partial charge in [-0.15, -0.1) is 0 Å². The molecule has 0 atom stereocenters. The monoisotopic (exact) mass is 194 g/mol. The van der Waals surface area contributed by atoms with Crippen molar-refractivity contribution in [2.75, 3.05) is 0 Å². The zero-order chi connectivity index (χ0) is 6.78. The standard InChI is InChI=1S/C3H3BrF4/c4-3(7,8)1-2(5)6/h2H,1H2. The van der Waals surface area contributed by atoms with Gasteiger partial charge in [0.25, 0.3) is 0 Å². The first-order chi connectivity index (χ1) is 3.42. The van der Waals surface area contributed by atoms with Crippen LogP contribution in [0.5, 0.6) is 0 Å². The maximum Gasteiger partial charge on any atom is 0.306 e. The van der Waals surface area contributed by atoms with Crippen LogP contribution in [-0.2, 0) is 0 Å². The van der Waals surface area contributed by atoms with Gasteiger partial charge in [0.2, 0.25) is 6.43 Å². The van der Waals surface area contributed by atoms with Crippen LogP contribution in [0.2, 0.25) is 0 Å². The van der Waals surface area contributed by atoms with Crippen LogP contribution in [0.1, 0.15) is 6.42 Å². The predicted octanol–water partition coefficient (Wildman–Crippen LogP) is 2.63. The Morgan fingerprint density at radius 2 is 1.75 bits per heavy atom. The lowest BCUT2D eigenvalue weighted by atomic mass is 10.5. The molecular weight excluding hydrogens is 192 g/mol. The fourth-order valence-corrected chi connectivity index (χ4v) is 0.420. The molecule has 0 aromatic rings. The molecule has 5 heteroatoms. The fourth-order valence-electron chi connectivity index (χ4n) is 0.175. The van der Waals surface area contributed by atoms with Gasteiger partial charge < -0.3 is 0 Å². The number of hydrogen-bond donors (Lipinski definition) is 0. The zero-order valence-corrected chi connectivity index (χ0v) is 5.26. The second-order valence-corrected chi connectivity index (χ2v) is 2.37. The molecule has 0 nitrogen and oxygen atoms in total. The summed E-state index contributed by atoms with van der Waals surface area (Å²) < 4.78 is 44.9. The van der Waals surface area contributed by atoms with Crippen LogP contribution < -0.4 is 0 Å². The summed E-state index contributed by atoms with van der Waals surface area (Å²) in [6, 6.07) is 0. The maximum absolute atomic E-state index is 11.4. The first kappa shape index (κ1) is 8.20. The van der Waals surface area contributed by atoms with E-state index in [2.05, 4.69) is 0 Å². The summed E-state index contributed by atoms with van der Waals surface area (Å²) in [7, 11) is 0. The van der Waals surface area contributed by atoms with Crippen molar-refractivity contribution >= 4 is 15.9 Å². The molecule has 0 aliphatic heterocycles. The molecule has 0 spiro atoms. The molecule has 0 saturated heterocycles. The SMILES string of the molecule is FC(F)CC(F)(F)Br. The van der Waals surface area contributed by atoms with E-state index in [0.29, 0.717) is 0 Å². The molecule has 0 amide bonds. The summed E-state index contributed by atoms with van der Waals surface area (Å²) in [5.74, 6) is 0. The fraction of sp³-hybridized carbons (Fsp3) is 1.00. The van der Waals surface area contributed by atoms with Gasteiger partial charge in [-0.25, -0.2) is 8.78 Å². The largest absolute Gasteiger partial charge is 0.306 e. The maximum atomic E-state index is 11.4. The lowest BCUT2D eigenvalue weighted by Crippen LogP contribution is -2.09. The highest BCUT2D eigenvalue weighted by molar-refractivity contribution is 9.09. The molecular formula is C3H3BrF4. The third-order valence-corrected chi connectivity index (χ3v) is 0.709. The minimum atomic E-state index is -3.42. The van der Waals surface area contributed by atoms with E-state index >= 15 is 0 Å². The first-order valence-electron chi connectivity index (χ1n) is 1.77. The van der Waals surface area contributed by atoms with Crippen LogP contribution in [0.3, 0.4) is 0 Å². The number of alkyl halides is 5. The van der Waals surface area contributed by atoms with Crippen molar-refractivity contribution in [2.24, 2.45) is 0 Å². The predicted molar refractivity (Wildman–Crippen MR) is 24.5 cm³/mol. The van der Waals surface area contributed by atoms with Crippen molar-refractivity contribution < 1.29 is 17.6 Å². The van der Waals surface area contributed by atoms with Gasteiger partial charge in [0, 0.05) is 0 Å². The summed E-state index contributed by atoms with van der Waals surface area (Å²) in [6.07, 6.45) is -4.38. The van der Waals surface area contributed by atoms with Crippen molar-refractivity contribution in [3.8, 4) is 0 Å². The van der Waals surface area contributed by atoms with E-state index in [4.69, 9.17) is 0 Å². The Morgan fingerprint density at radius 1 is 1.38 bits per heavy atom. The molecule has 0 N–H and O–H groups in total. The van der Waals surface area contributed by atoms with Crippen LogP contribution >= 0.6 is 15.9 Å². The van der Waals surface area contributed by atoms with Crippen LogP contribution in [0, 0.1) is 0 Å². The first-order valence-corrected chi connectivity index (χ1v) is 2.56. The quantitative estimate of drug-likeness (QED) is 0.469. The molecule has 0 radical (unpaired) electrons. The molecule has 8 heavy (non-hydrogen) atoms. The summed E-state index contributed by atoms with van der Waals surface area (Å²) in [4.78, 5) is -3.42. The molecule has 0 unspecified atom stereocenters. The average molecular weight is 195 g/mol. The van der Waals surface area contributed by atoms with E-state index < -0.39 is 17.7 Å². The molecule has 0 fully saturated rings. The summed E-state index contributed by atoms with van der Waals surface area (Å²) in [6.45, 7) is 0. The zero-order valence-electron chi connectivity index (χ0n) is 3.67. The molecule has 0 aromatic carbocycles. The van der Waals surface area contributed by atoms with E-state index in [1.54, 1.807) is 15.9 Å². The smallest absolute Gasteiger partial charge is 0.210 e. The second kappa shape index (κ2) is 2.66. The van der Waals surface area contributed by atoms with Gasteiger partial charge in [0.05, 0.1) is 6.42 Å². The third-order valence-electron chi connectivity index (χ3n) is 0.386. The Bertz CT molecular complexity index is 66.2. The van der Waals surface area contributed by atoms with Gasteiger partial charge in [-0.1, -0.05) is 0 Å². The Balaban J connectivity index is 3.39. The van der Waals surface area contributed by atoms with Crippen LogP contribution in [0.4, 0.5) is 17.6 Å². The van der Waals surface area contributed by atoms with Gasteiger partial charge in [-0.2, -0.15) is 8.78 Å². The number of hydrogen-bond acceptors (Lipinski definition) is 0. The third kappa shape index (κ3) is 6.20. The van der Waals surface area contributed by atoms with E-state index in [9.17, 15) is 17.6 Å². The van der Waals surface area contributed by atoms with E-state index in [0.717, 1.165) is 0 Å². The molecule has 50 valence electrons. The Kier molecular flexibility index (Phi) is 2.73. The van der Waals surface area contributed by atoms with Gasteiger partial charge >= 0.3 is 4.83 Å². The summed E-state index contributed by atoms with van der Waals surface area (Å²) >= 11 is 1.77. The van der Waals surface area contributed by atoms with Crippen molar-refractivity contribution in [3.05, 3.63) is 0 Å². The highest BCUT2D eigenvalue weighted by atomic mass is 79.9. The van der Waals surface area contributed by atoms with Gasteiger partial charge in [0.1, 0.15) is 0 Å². The van der Waals surface area contributed by atoms with Crippen molar-refractivity contribution in [3.63, 3.8) is 0 Å². The van der Waals surface area contributed by atoms with Crippen LogP contribution in [0.25, 0.3) is 0 Å². The molecule has 0 aliphatic rings. The second-order valence-electron chi connectivity index (χ2n) is 1.21. The molecule has 0 bridgehead atoms. The summed E-state index contributed by atoms with van der Waals surface area (Å²) in [5, 5.41) is 0. The van der Waals surface area contributed by atoms with Gasteiger partial charge in [-0.3, -0.25) is 0 Å². The number of rotatable bonds is 2. The van der Waals surface area contributed by atoms with Gasteiger partial charge in [-0.05, 0) is 15.9 Å². The molecule has 0 rings (SSSR count). The average Bonchev–Trinajstić information content (AvgIpc) is 1.21. The number of halogens is 5. The minimum absolute atomic E-state index is 1.42. The molecule has 0 saturated carbocycles. The van der Waals surface area contributed by atoms with Gasteiger partial charge in [0.15, 0.2) is 0 Å². The highest BCUT2D eigenvalue weighted by Gasteiger charge is 2.28. The van der Waals surface area contributed by atoms with Crippen LogP contribution in [0.15, 0.2) is 0 Å². The van der Waals surface area contributed by atoms with Crippen LogP contribution in [-0.4, -0.2) is 11.3 Å². The van der Waals surface area contributed by atoms with Crippen molar-refractivity contribution in [1.82, 2.24) is 0 Å². The van der Waals surface area contributed by atoms with Crippen molar-refractivity contribution in [2.45, 2.75) is 17.7 Å². The lowest BCUT2D eigenvalue weighted by Gasteiger charge is -2.04. The molecule has 0 heterocycles.